The van der Waals surface area contributed by atoms with Crippen molar-refractivity contribution >= 4 is 17.5 Å². The molecule has 28 heavy (non-hydrogen) atoms. The third kappa shape index (κ3) is 5.48. The number of hydrogen-bond acceptors (Lipinski definition) is 7. The summed E-state index contributed by atoms with van der Waals surface area (Å²) in [6.07, 6.45) is 3.30. The second-order valence-corrected chi connectivity index (χ2v) is 6.22. The second kappa shape index (κ2) is 10.3. The summed E-state index contributed by atoms with van der Waals surface area (Å²) in [6.45, 7) is 4.75. The molecule has 2 aromatic rings. The fourth-order valence-electron chi connectivity index (χ4n) is 2.69. The minimum Gasteiger partial charge on any atom is -0.493 e. The van der Waals surface area contributed by atoms with Gasteiger partial charge < -0.3 is 24.8 Å². The number of benzene rings is 1. The highest BCUT2D eigenvalue weighted by Gasteiger charge is 2.16. The van der Waals surface area contributed by atoms with Crippen LogP contribution in [-0.4, -0.2) is 43.7 Å². The SMILES string of the molecule is CCCCCNc1nc(C)cc(C(=O)Nc2cc(OC)c(OC)c(OC)c2)n1. The zero-order chi connectivity index (χ0) is 20.5. The van der Waals surface area contributed by atoms with Crippen LogP contribution in [0.1, 0.15) is 42.4 Å². The minimum absolute atomic E-state index is 0.277. The Morgan fingerprint density at radius 3 is 2.25 bits per heavy atom. The molecule has 0 unspecified atom stereocenters. The summed E-state index contributed by atoms with van der Waals surface area (Å²) in [5, 5.41) is 5.99. The first-order chi connectivity index (χ1) is 13.5. The maximum Gasteiger partial charge on any atom is 0.274 e. The number of aromatic nitrogens is 2. The summed E-state index contributed by atoms with van der Waals surface area (Å²) in [4.78, 5) is 21.4. The van der Waals surface area contributed by atoms with E-state index in [9.17, 15) is 4.79 Å². The van der Waals surface area contributed by atoms with Gasteiger partial charge in [0.2, 0.25) is 11.7 Å². The van der Waals surface area contributed by atoms with Gasteiger partial charge >= 0.3 is 0 Å². The molecule has 8 heteroatoms. The van der Waals surface area contributed by atoms with Crippen LogP contribution in [0.15, 0.2) is 18.2 Å². The van der Waals surface area contributed by atoms with Crippen LogP contribution in [0.4, 0.5) is 11.6 Å². The molecule has 0 saturated heterocycles. The van der Waals surface area contributed by atoms with E-state index in [-0.39, 0.29) is 11.6 Å². The van der Waals surface area contributed by atoms with Crippen molar-refractivity contribution in [1.29, 1.82) is 0 Å². The average Bonchev–Trinajstić information content (AvgIpc) is 2.69. The smallest absolute Gasteiger partial charge is 0.274 e. The third-order valence-electron chi connectivity index (χ3n) is 4.07. The number of anilines is 2. The molecule has 1 heterocycles. The van der Waals surface area contributed by atoms with Crippen LogP contribution in [0, 0.1) is 6.92 Å². The maximum atomic E-state index is 12.7. The fraction of sp³-hybridized carbons (Fsp3) is 0.450. The van der Waals surface area contributed by atoms with E-state index < -0.39 is 0 Å². The molecule has 1 aromatic carbocycles. The number of nitrogens with zero attached hydrogens (tertiary/aromatic N) is 2. The van der Waals surface area contributed by atoms with E-state index in [1.807, 2.05) is 6.92 Å². The summed E-state index contributed by atoms with van der Waals surface area (Å²) in [7, 11) is 4.57. The molecule has 0 aliphatic carbocycles. The van der Waals surface area contributed by atoms with Crippen molar-refractivity contribution in [3.05, 3.63) is 29.6 Å². The number of aryl methyl sites for hydroxylation is 1. The van der Waals surface area contributed by atoms with Crippen LogP contribution in [0.5, 0.6) is 17.2 Å². The molecule has 152 valence electrons. The lowest BCUT2D eigenvalue weighted by molar-refractivity contribution is 0.102. The molecule has 0 spiro atoms. The Morgan fingerprint density at radius 1 is 1.00 bits per heavy atom. The largest absolute Gasteiger partial charge is 0.493 e. The van der Waals surface area contributed by atoms with E-state index in [4.69, 9.17) is 14.2 Å². The van der Waals surface area contributed by atoms with Crippen LogP contribution >= 0.6 is 0 Å². The van der Waals surface area contributed by atoms with Crippen molar-refractivity contribution in [3.8, 4) is 17.2 Å². The zero-order valence-corrected chi connectivity index (χ0v) is 17.1. The van der Waals surface area contributed by atoms with Crippen LogP contribution in [0.2, 0.25) is 0 Å². The minimum atomic E-state index is -0.351. The monoisotopic (exact) mass is 388 g/mol. The molecule has 1 amide bonds. The molecule has 0 aliphatic heterocycles. The van der Waals surface area contributed by atoms with E-state index in [1.165, 1.54) is 21.3 Å². The Labute approximate surface area is 165 Å². The Bertz CT molecular complexity index is 786. The molecule has 0 atom stereocenters. The highest BCUT2D eigenvalue weighted by Crippen LogP contribution is 2.40. The van der Waals surface area contributed by atoms with Crippen LogP contribution < -0.4 is 24.8 Å². The third-order valence-corrected chi connectivity index (χ3v) is 4.07. The van der Waals surface area contributed by atoms with E-state index in [0.717, 1.165) is 25.8 Å². The maximum absolute atomic E-state index is 12.7. The van der Waals surface area contributed by atoms with Crippen molar-refractivity contribution in [3.63, 3.8) is 0 Å². The average molecular weight is 388 g/mol. The van der Waals surface area contributed by atoms with Crippen LogP contribution in [0.3, 0.4) is 0 Å². The Kier molecular flexibility index (Phi) is 7.86. The first-order valence-electron chi connectivity index (χ1n) is 9.23. The highest BCUT2D eigenvalue weighted by atomic mass is 16.5. The molecule has 8 nitrogen and oxygen atoms in total. The van der Waals surface area contributed by atoms with Gasteiger partial charge in [-0.1, -0.05) is 19.8 Å². The molecule has 2 N–H and O–H groups in total. The van der Waals surface area contributed by atoms with Gasteiger partial charge in [0.05, 0.1) is 21.3 Å². The van der Waals surface area contributed by atoms with Crippen molar-refractivity contribution in [2.75, 3.05) is 38.5 Å². The molecule has 0 radical (unpaired) electrons. The number of nitrogens with one attached hydrogen (secondary N) is 2. The number of ether oxygens (including phenoxy) is 3. The number of methoxy groups -OCH3 is 3. The number of carbonyl (C=O) groups excluding carboxylic acids is 1. The summed E-state index contributed by atoms with van der Waals surface area (Å²) in [5.74, 6) is 1.46. The van der Waals surface area contributed by atoms with Crippen molar-refractivity contribution < 1.29 is 19.0 Å². The number of hydrogen-bond donors (Lipinski definition) is 2. The van der Waals surface area contributed by atoms with Gasteiger partial charge in [-0.25, -0.2) is 9.97 Å². The van der Waals surface area contributed by atoms with Gasteiger partial charge in [-0.05, 0) is 19.4 Å². The summed E-state index contributed by atoms with van der Waals surface area (Å²) in [5.41, 5.74) is 1.50. The first-order valence-corrected chi connectivity index (χ1v) is 9.23. The standard InChI is InChI=1S/C20H28N4O4/c1-6-7-8-9-21-20-22-13(2)10-15(24-20)19(25)23-14-11-16(26-3)18(28-5)17(12-14)27-4/h10-12H,6-9H2,1-5H3,(H,23,25)(H,21,22,24). The van der Waals surface area contributed by atoms with E-state index >= 15 is 0 Å². The predicted molar refractivity (Wildman–Crippen MR) is 109 cm³/mol. The molecular formula is C20H28N4O4. The molecule has 0 saturated carbocycles. The molecular weight excluding hydrogens is 360 g/mol. The topological polar surface area (TPSA) is 94.6 Å². The molecule has 1 aromatic heterocycles. The number of rotatable bonds is 10. The van der Waals surface area contributed by atoms with Crippen LogP contribution in [0.25, 0.3) is 0 Å². The molecule has 2 rings (SSSR count). The van der Waals surface area contributed by atoms with E-state index in [2.05, 4.69) is 27.5 Å². The number of amides is 1. The Morgan fingerprint density at radius 2 is 1.68 bits per heavy atom. The lowest BCUT2D eigenvalue weighted by atomic mass is 10.2. The van der Waals surface area contributed by atoms with E-state index in [1.54, 1.807) is 18.2 Å². The summed E-state index contributed by atoms with van der Waals surface area (Å²) >= 11 is 0. The van der Waals surface area contributed by atoms with Gasteiger partial charge in [0, 0.05) is 30.1 Å². The summed E-state index contributed by atoms with van der Waals surface area (Å²) < 4.78 is 15.9. The van der Waals surface area contributed by atoms with Gasteiger partial charge in [0.1, 0.15) is 5.69 Å². The van der Waals surface area contributed by atoms with Gasteiger partial charge in [-0.3, -0.25) is 4.79 Å². The van der Waals surface area contributed by atoms with Crippen LogP contribution in [-0.2, 0) is 0 Å². The zero-order valence-electron chi connectivity index (χ0n) is 17.1. The lowest BCUT2D eigenvalue weighted by Gasteiger charge is -2.14. The summed E-state index contributed by atoms with van der Waals surface area (Å²) in [6, 6.07) is 4.97. The quantitative estimate of drug-likeness (QED) is 0.600. The van der Waals surface area contributed by atoms with Gasteiger partial charge in [-0.2, -0.15) is 0 Å². The Hall–Kier alpha value is -3.03. The fourth-order valence-corrected chi connectivity index (χ4v) is 2.69. The first kappa shape index (κ1) is 21.3. The molecule has 0 bridgehead atoms. The lowest BCUT2D eigenvalue weighted by Crippen LogP contribution is -2.16. The normalized spacial score (nSPS) is 10.3. The number of carbonyl (C=O) groups is 1. The second-order valence-electron chi connectivity index (χ2n) is 6.22. The van der Waals surface area contributed by atoms with E-state index in [0.29, 0.717) is 34.6 Å². The highest BCUT2D eigenvalue weighted by molar-refractivity contribution is 6.03. The Balaban J connectivity index is 2.19. The predicted octanol–water partition coefficient (Wildman–Crippen LogP) is 3.67. The van der Waals surface area contributed by atoms with Crippen molar-refractivity contribution in [1.82, 2.24) is 9.97 Å². The molecule has 0 aliphatic rings. The number of unbranched alkanes of at least 4 members (excludes halogenated alkanes) is 2. The molecule has 0 fully saturated rings. The van der Waals surface area contributed by atoms with Gasteiger partial charge in [-0.15, -0.1) is 0 Å². The van der Waals surface area contributed by atoms with Crippen molar-refractivity contribution in [2.45, 2.75) is 33.1 Å². The van der Waals surface area contributed by atoms with Crippen molar-refractivity contribution in [2.24, 2.45) is 0 Å². The van der Waals surface area contributed by atoms with Gasteiger partial charge in [0.15, 0.2) is 11.5 Å². The van der Waals surface area contributed by atoms with Gasteiger partial charge in [0.25, 0.3) is 5.91 Å².